The summed E-state index contributed by atoms with van der Waals surface area (Å²) in [7, 11) is 0. The Morgan fingerprint density at radius 3 is 2.70 bits per heavy atom. The fourth-order valence-corrected chi connectivity index (χ4v) is 3.69. The number of likely N-dealkylation sites (tertiary alicyclic amines) is 1. The largest absolute Gasteiger partial charge is 0.349 e. The van der Waals surface area contributed by atoms with Gasteiger partial charge in [-0.15, -0.1) is 0 Å². The van der Waals surface area contributed by atoms with Crippen molar-refractivity contribution in [1.29, 1.82) is 0 Å². The van der Waals surface area contributed by atoms with E-state index in [9.17, 15) is 14.4 Å². The van der Waals surface area contributed by atoms with E-state index in [4.69, 9.17) is 0 Å². The van der Waals surface area contributed by atoms with Crippen LogP contribution in [0.1, 0.15) is 17.5 Å². The molecule has 1 aromatic rings. The zero-order valence-corrected chi connectivity index (χ0v) is 15.4. The minimum atomic E-state index is -0.673. The fraction of sp³-hybridized carbons (Fsp3) is 0.421. The molecule has 0 saturated carbocycles. The summed E-state index contributed by atoms with van der Waals surface area (Å²) in [4.78, 5) is 48.0. The Labute approximate surface area is 155 Å². The molecule has 0 amide bonds. The third-order valence-electron chi connectivity index (χ3n) is 5.37. The maximum Gasteiger partial charge on any atom is 0.349 e. The van der Waals surface area contributed by atoms with Crippen molar-refractivity contribution in [2.45, 2.75) is 26.8 Å². The van der Waals surface area contributed by atoms with Gasteiger partial charge >= 0.3 is 5.69 Å². The van der Waals surface area contributed by atoms with Crippen LogP contribution in [0.2, 0.25) is 0 Å². The van der Waals surface area contributed by atoms with Crippen LogP contribution in [0, 0.1) is 19.8 Å². The quantitative estimate of drug-likeness (QED) is 0.539. The average Bonchev–Trinajstić information content (AvgIpc) is 3.09. The van der Waals surface area contributed by atoms with Crippen molar-refractivity contribution < 1.29 is 4.79 Å². The van der Waals surface area contributed by atoms with Gasteiger partial charge in [0, 0.05) is 25.6 Å². The first-order valence-corrected chi connectivity index (χ1v) is 9.06. The zero-order valence-electron chi connectivity index (χ0n) is 15.4. The number of aromatic nitrogens is 4. The van der Waals surface area contributed by atoms with Gasteiger partial charge in [0.25, 0.3) is 5.56 Å². The van der Waals surface area contributed by atoms with Crippen LogP contribution >= 0.6 is 0 Å². The molecule has 1 N–H and O–H groups in total. The number of benzene rings is 1. The molecule has 1 fully saturated rings. The molecule has 1 atom stereocenters. The summed E-state index contributed by atoms with van der Waals surface area (Å²) in [5.41, 5.74) is 2.69. The Morgan fingerprint density at radius 2 is 1.96 bits per heavy atom. The lowest BCUT2D eigenvalue weighted by atomic mass is 10.1. The summed E-state index contributed by atoms with van der Waals surface area (Å²) in [5.74, 6) is 0.380. The highest BCUT2D eigenvalue weighted by Gasteiger charge is 2.23. The molecule has 140 valence electrons. The number of rotatable bonds is 4. The Balaban J connectivity index is 1.84. The van der Waals surface area contributed by atoms with E-state index in [1.54, 1.807) is 0 Å². The van der Waals surface area contributed by atoms with E-state index in [1.165, 1.54) is 0 Å². The van der Waals surface area contributed by atoms with Crippen LogP contribution in [-0.4, -0.2) is 50.3 Å². The lowest BCUT2D eigenvalue weighted by Crippen LogP contribution is -2.31. The first-order valence-electron chi connectivity index (χ1n) is 9.06. The van der Waals surface area contributed by atoms with Crippen molar-refractivity contribution in [2.75, 3.05) is 19.6 Å². The van der Waals surface area contributed by atoms with Gasteiger partial charge in [0.1, 0.15) is 6.29 Å². The molecule has 4 rings (SSSR count). The number of hydrogen-bond acceptors (Lipinski definition) is 6. The molecule has 3 heterocycles. The van der Waals surface area contributed by atoms with E-state index in [2.05, 4.69) is 19.9 Å². The molecule has 0 spiro atoms. The molecule has 3 aliphatic heterocycles. The topological polar surface area (TPSA) is 101 Å². The van der Waals surface area contributed by atoms with Crippen molar-refractivity contribution in [3.63, 3.8) is 0 Å². The third kappa shape index (κ3) is 3.16. The predicted octanol–water partition coefficient (Wildman–Crippen LogP) is 0.722. The van der Waals surface area contributed by atoms with Gasteiger partial charge in [-0.3, -0.25) is 9.78 Å². The predicted molar refractivity (Wildman–Crippen MR) is 101 cm³/mol. The zero-order chi connectivity index (χ0) is 19.1. The summed E-state index contributed by atoms with van der Waals surface area (Å²) in [6, 6.07) is 3.96. The van der Waals surface area contributed by atoms with Gasteiger partial charge in [0.15, 0.2) is 11.5 Å². The van der Waals surface area contributed by atoms with E-state index < -0.39 is 11.2 Å². The van der Waals surface area contributed by atoms with Crippen molar-refractivity contribution >= 4 is 17.3 Å². The first-order chi connectivity index (χ1) is 13.0. The summed E-state index contributed by atoms with van der Waals surface area (Å²) in [5, 5.41) is 0. The molecule has 0 radical (unpaired) electrons. The number of carbonyl (C=O) groups excluding carboxylic acids is 1. The molecule has 8 heteroatoms. The van der Waals surface area contributed by atoms with E-state index >= 15 is 0 Å². The van der Waals surface area contributed by atoms with Gasteiger partial charge in [-0.2, -0.15) is 4.98 Å². The molecule has 1 aromatic carbocycles. The maximum atomic E-state index is 12.3. The van der Waals surface area contributed by atoms with E-state index in [1.807, 2.05) is 30.5 Å². The fourth-order valence-electron chi connectivity index (χ4n) is 3.69. The normalized spacial score (nSPS) is 17.8. The highest BCUT2D eigenvalue weighted by molar-refractivity contribution is 5.81. The lowest BCUT2D eigenvalue weighted by Gasteiger charge is -2.21. The molecule has 0 bridgehead atoms. The Hall–Kier alpha value is -2.87. The minimum absolute atomic E-state index is 0.0834. The van der Waals surface area contributed by atoms with Crippen LogP contribution in [0.3, 0.4) is 0 Å². The average molecular weight is 367 g/mol. The van der Waals surface area contributed by atoms with Gasteiger partial charge in [-0.05, 0) is 50.1 Å². The number of aldehydes is 1. The smallest absolute Gasteiger partial charge is 0.321 e. The van der Waals surface area contributed by atoms with Crippen molar-refractivity contribution in [3.05, 3.63) is 44.1 Å². The number of aromatic amines is 1. The van der Waals surface area contributed by atoms with E-state index in [0.29, 0.717) is 24.4 Å². The third-order valence-corrected chi connectivity index (χ3v) is 5.37. The van der Waals surface area contributed by atoms with Crippen molar-refractivity contribution in [1.82, 2.24) is 24.4 Å². The van der Waals surface area contributed by atoms with Gasteiger partial charge in [0.05, 0.1) is 11.0 Å². The second kappa shape index (κ2) is 6.70. The van der Waals surface area contributed by atoms with Crippen LogP contribution < -0.4 is 11.2 Å². The monoisotopic (exact) mass is 367 g/mol. The second-order valence-corrected chi connectivity index (χ2v) is 7.22. The van der Waals surface area contributed by atoms with Crippen molar-refractivity contribution in [3.8, 4) is 11.5 Å². The standard InChI is InChI=1S/C19H21N5O3/c1-11-7-14-15(8-12(11)2)24(6-5-23-4-3-13(9-23)10-25)17-16(20-14)18(26)22-19(27)21-17/h7-8,10,13H,3-6,9H2,1-2H3,(H,22,26,27). The van der Waals surface area contributed by atoms with E-state index in [0.717, 1.165) is 42.4 Å². The van der Waals surface area contributed by atoms with Gasteiger partial charge in [-0.1, -0.05) is 0 Å². The Bertz CT molecular complexity index is 1120. The maximum absolute atomic E-state index is 12.3. The second-order valence-electron chi connectivity index (χ2n) is 7.22. The van der Waals surface area contributed by atoms with Crippen LogP contribution in [0.15, 0.2) is 21.7 Å². The van der Waals surface area contributed by atoms with Crippen LogP contribution in [0.5, 0.6) is 0 Å². The molecule has 3 aliphatic rings. The molecule has 0 aromatic heterocycles. The van der Waals surface area contributed by atoms with Gasteiger partial charge < -0.3 is 14.3 Å². The SMILES string of the molecule is Cc1cc2nc3c(=O)[nH]c(=O)nc-3n(CCN3CCC(C=O)C3)c2cc1C. The van der Waals surface area contributed by atoms with Crippen LogP contribution in [0.25, 0.3) is 22.6 Å². The molecule has 8 nitrogen and oxygen atoms in total. The van der Waals surface area contributed by atoms with Gasteiger partial charge in [-0.25, -0.2) is 9.78 Å². The highest BCUT2D eigenvalue weighted by Crippen LogP contribution is 2.24. The number of fused-ring (bicyclic) bond motifs is 2. The van der Waals surface area contributed by atoms with E-state index in [-0.39, 0.29) is 11.6 Å². The van der Waals surface area contributed by atoms with Gasteiger partial charge in [0.2, 0.25) is 0 Å². The molecule has 27 heavy (non-hydrogen) atoms. The number of aryl methyl sites for hydroxylation is 2. The molecule has 1 unspecified atom stereocenters. The number of nitrogens with zero attached hydrogens (tertiary/aromatic N) is 4. The summed E-state index contributed by atoms with van der Waals surface area (Å²) in [6.07, 6.45) is 1.88. The Morgan fingerprint density at radius 1 is 1.19 bits per heavy atom. The summed E-state index contributed by atoms with van der Waals surface area (Å²) < 4.78 is 1.90. The lowest BCUT2D eigenvalue weighted by molar-refractivity contribution is -0.110. The molecular weight excluding hydrogens is 346 g/mol. The Kier molecular flexibility index (Phi) is 4.35. The van der Waals surface area contributed by atoms with Crippen molar-refractivity contribution in [2.24, 2.45) is 5.92 Å². The summed E-state index contributed by atoms with van der Waals surface area (Å²) in [6.45, 7) is 6.88. The molecular formula is C19H21N5O3. The number of nitrogens with one attached hydrogen (secondary N) is 1. The number of hydrogen-bond donors (Lipinski definition) is 1. The number of H-pyrrole nitrogens is 1. The number of carbonyl (C=O) groups is 1. The first kappa shape index (κ1) is 17.5. The summed E-state index contributed by atoms with van der Waals surface area (Å²) >= 11 is 0. The highest BCUT2D eigenvalue weighted by atomic mass is 16.2. The van der Waals surface area contributed by atoms with Crippen LogP contribution in [0.4, 0.5) is 0 Å². The minimum Gasteiger partial charge on any atom is -0.321 e. The van der Waals surface area contributed by atoms with Crippen LogP contribution in [-0.2, 0) is 11.3 Å². The molecule has 1 saturated heterocycles. The molecule has 0 aliphatic carbocycles.